The van der Waals surface area contributed by atoms with E-state index in [9.17, 15) is 9.59 Å². The minimum Gasteiger partial charge on any atom is -0.496 e. The summed E-state index contributed by atoms with van der Waals surface area (Å²) in [7, 11) is 1.51. The van der Waals surface area contributed by atoms with Crippen LogP contribution >= 0.6 is 11.3 Å². The van der Waals surface area contributed by atoms with E-state index in [2.05, 4.69) is 10.3 Å². The van der Waals surface area contributed by atoms with Crippen LogP contribution in [0.1, 0.15) is 27.6 Å². The summed E-state index contributed by atoms with van der Waals surface area (Å²) in [5.74, 6) is -0.190. The Labute approximate surface area is 148 Å². The molecule has 1 heterocycles. The van der Waals surface area contributed by atoms with Crippen LogP contribution in [0.25, 0.3) is 10.2 Å². The average molecular weight is 356 g/mol. The number of para-hydroxylation sites is 1. The quantitative estimate of drug-likeness (QED) is 0.705. The molecule has 0 unspecified atom stereocenters. The molecule has 128 valence electrons. The fourth-order valence-electron chi connectivity index (χ4n) is 2.32. The highest BCUT2D eigenvalue weighted by atomic mass is 32.1. The number of fused-ring (bicyclic) bond motifs is 1. The van der Waals surface area contributed by atoms with Crippen molar-refractivity contribution >= 4 is 38.6 Å². The Kier molecular flexibility index (Phi) is 4.95. The summed E-state index contributed by atoms with van der Waals surface area (Å²) in [4.78, 5) is 28.6. The Morgan fingerprint density at radius 2 is 2.00 bits per heavy atom. The maximum Gasteiger partial charge on any atom is 0.338 e. The van der Waals surface area contributed by atoms with Gasteiger partial charge >= 0.3 is 5.97 Å². The molecule has 25 heavy (non-hydrogen) atoms. The smallest absolute Gasteiger partial charge is 0.338 e. The average Bonchev–Trinajstić information content (AvgIpc) is 3.03. The largest absolute Gasteiger partial charge is 0.496 e. The number of benzene rings is 2. The molecule has 0 radical (unpaired) electrons. The molecule has 2 aromatic carbocycles. The number of esters is 1. The van der Waals surface area contributed by atoms with Crippen molar-refractivity contribution < 1.29 is 19.1 Å². The van der Waals surface area contributed by atoms with Gasteiger partial charge in [0.2, 0.25) is 0 Å². The van der Waals surface area contributed by atoms with Crippen LogP contribution in [0, 0.1) is 0 Å². The highest BCUT2D eigenvalue weighted by Crippen LogP contribution is 2.28. The number of carbonyl (C=O) groups excluding carboxylic acids is 2. The number of anilines is 1. The van der Waals surface area contributed by atoms with Gasteiger partial charge in [0.25, 0.3) is 5.91 Å². The zero-order valence-electron chi connectivity index (χ0n) is 13.7. The predicted molar refractivity (Wildman–Crippen MR) is 96.5 cm³/mol. The molecule has 1 aromatic heterocycles. The van der Waals surface area contributed by atoms with Crippen molar-refractivity contribution in [2.75, 3.05) is 19.0 Å². The number of nitrogens with one attached hydrogen (secondary N) is 1. The van der Waals surface area contributed by atoms with Crippen molar-refractivity contribution in [2.24, 2.45) is 0 Å². The molecule has 6 nitrogen and oxygen atoms in total. The van der Waals surface area contributed by atoms with Gasteiger partial charge < -0.3 is 9.47 Å². The second-order valence-corrected chi connectivity index (χ2v) is 6.11. The van der Waals surface area contributed by atoms with Gasteiger partial charge in [-0.2, -0.15) is 0 Å². The number of ether oxygens (including phenoxy) is 2. The van der Waals surface area contributed by atoms with Crippen molar-refractivity contribution in [3.05, 3.63) is 53.6 Å². The van der Waals surface area contributed by atoms with Crippen molar-refractivity contribution in [1.29, 1.82) is 0 Å². The number of hydrogen-bond acceptors (Lipinski definition) is 6. The van der Waals surface area contributed by atoms with Crippen LogP contribution in [0.2, 0.25) is 0 Å². The van der Waals surface area contributed by atoms with Gasteiger partial charge in [0, 0.05) is 0 Å². The zero-order valence-corrected chi connectivity index (χ0v) is 14.6. The molecule has 0 aliphatic rings. The monoisotopic (exact) mass is 356 g/mol. The first kappa shape index (κ1) is 16.9. The van der Waals surface area contributed by atoms with Crippen LogP contribution in [0.5, 0.6) is 5.75 Å². The molecular formula is C18H16N2O4S. The molecule has 3 rings (SSSR count). The number of nitrogens with zero attached hydrogens (tertiary/aromatic N) is 1. The number of hydrogen-bond donors (Lipinski definition) is 1. The minimum absolute atomic E-state index is 0.304. The van der Waals surface area contributed by atoms with E-state index in [-0.39, 0.29) is 11.9 Å². The fourth-order valence-corrected chi connectivity index (χ4v) is 3.22. The van der Waals surface area contributed by atoms with Crippen molar-refractivity contribution in [1.82, 2.24) is 4.98 Å². The summed E-state index contributed by atoms with van der Waals surface area (Å²) in [6.45, 7) is 2.08. The molecular weight excluding hydrogens is 340 g/mol. The standard InChI is InChI=1S/C18H16N2O4S/c1-3-24-17(22)11-8-9-13-15(10-11)25-18(19-13)20-16(21)12-6-4-5-7-14(12)23-2/h4-10H,3H2,1-2H3,(H,19,20,21). The van der Waals surface area contributed by atoms with E-state index in [4.69, 9.17) is 9.47 Å². The molecule has 0 aliphatic heterocycles. The van der Waals surface area contributed by atoms with E-state index in [0.29, 0.717) is 34.1 Å². The number of amides is 1. The number of carbonyl (C=O) groups is 2. The second kappa shape index (κ2) is 7.31. The molecule has 0 fully saturated rings. The Hall–Kier alpha value is -2.93. The lowest BCUT2D eigenvalue weighted by molar-refractivity contribution is 0.0526. The molecule has 7 heteroatoms. The summed E-state index contributed by atoms with van der Waals surface area (Å²) in [6.07, 6.45) is 0. The maximum absolute atomic E-state index is 12.4. The van der Waals surface area contributed by atoms with Crippen molar-refractivity contribution in [3.8, 4) is 5.75 Å². The topological polar surface area (TPSA) is 77.5 Å². The SMILES string of the molecule is CCOC(=O)c1ccc2nc(NC(=O)c3ccccc3OC)sc2c1. The third kappa shape index (κ3) is 3.61. The summed E-state index contributed by atoms with van der Waals surface area (Å²) >= 11 is 1.29. The van der Waals surface area contributed by atoms with Crippen molar-refractivity contribution in [3.63, 3.8) is 0 Å². The summed E-state index contributed by atoms with van der Waals surface area (Å²) in [5.41, 5.74) is 1.59. The van der Waals surface area contributed by atoms with Gasteiger partial charge in [-0.1, -0.05) is 23.5 Å². The Morgan fingerprint density at radius 1 is 1.20 bits per heavy atom. The summed E-state index contributed by atoms with van der Waals surface area (Å²) in [6, 6.07) is 12.1. The lowest BCUT2D eigenvalue weighted by Gasteiger charge is -2.06. The lowest BCUT2D eigenvalue weighted by atomic mass is 10.2. The van der Waals surface area contributed by atoms with Gasteiger partial charge in [-0.25, -0.2) is 9.78 Å². The van der Waals surface area contributed by atoms with Crippen LogP contribution < -0.4 is 10.1 Å². The molecule has 0 saturated heterocycles. The van der Waals surface area contributed by atoms with Gasteiger partial charge in [-0.15, -0.1) is 0 Å². The highest BCUT2D eigenvalue weighted by molar-refractivity contribution is 7.22. The van der Waals surface area contributed by atoms with Crippen LogP contribution in [-0.4, -0.2) is 30.6 Å². The first-order chi connectivity index (χ1) is 12.1. The van der Waals surface area contributed by atoms with E-state index >= 15 is 0 Å². The number of thiazole rings is 1. The Bertz CT molecular complexity index is 936. The molecule has 1 amide bonds. The lowest BCUT2D eigenvalue weighted by Crippen LogP contribution is -2.12. The van der Waals surface area contributed by atoms with Gasteiger partial charge in [0.15, 0.2) is 5.13 Å². The van der Waals surface area contributed by atoms with E-state index in [0.717, 1.165) is 4.70 Å². The predicted octanol–water partition coefficient (Wildman–Crippen LogP) is 3.73. The summed E-state index contributed by atoms with van der Waals surface area (Å²) < 4.78 is 11.0. The molecule has 0 atom stereocenters. The van der Waals surface area contributed by atoms with Gasteiger partial charge in [-0.3, -0.25) is 10.1 Å². The van der Waals surface area contributed by atoms with E-state index in [1.54, 1.807) is 49.4 Å². The van der Waals surface area contributed by atoms with Gasteiger partial charge in [0.05, 0.1) is 35.1 Å². The fraction of sp³-hybridized carbons (Fsp3) is 0.167. The molecule has 0 saturated carbocycles. The van der Waals surface area contributed by atoms with Crippen molar-refractivity contribution in [2.45, 2.75) is 6.92 Å². The van der Waals surface area contributed by atoms with E-state index in [1.165, 1.54) is 18.4 Å². The molecule has 3 aromatic rings. The summed E-state index contributed by atoms with van der Waals surface area (Å²) in [5, 5.41) is 3.22. The van der Waals surface area contributed by atoms with E-state index in [1.807, 2.05) is 0 Å². The Balaban J connectivity index is 1.84. The molecule has 0 aliphatic carbocycles. The highest BCUT2D eigenvalue weighted by Gasteiger charge is 2.15. The number of rotatable bonds is 5. The zero-order chi connectivity index (χ0) is 17.8. The molecule has 0 spiro atoms. The van der Waals surface area contributed by atoms with Crippen LogP contribution in [-0.2, 0) is 4.74 Å². The van der Waals surface area contributed by atoms with Crippen LogP contribution in [0.15, 0.2) is 42.5 Å². The third-order valence-electron chi connectivity index (χ3n) is 3.47. The maximum atomic E-state index is 12.4. The third-order valence-corrected chi connectivity index (χ3v) is 4.41. The normalized spacial score (nSPS) is 10.5. The Morgan fingerprint density at radius 3 is 2.76 bits per heavy atom. The van der Waals surface area contributed by atoms with Crippen LogP contribution in [0.3, 0.4) is 0 Å². The first-order valence-electron chi connectivity index (χ1n) is 7.64. The van der Waals surface area contributed by atoms with Gasteiger partial charge in [-0.05, 0) is 37.3 Å². The second-order valence-electron chi connectivity index (χ2n) is 5.08. The van der Waals surface area contributed by atoms with Crippen LogP contribution in [0.4, 0.5) is 5.13 Å². The number of aromatic nitrogens is 1. The molecule has 1 N–H and O–H groups in total. The van der Waals surface area contributed by atoms with Gasteiger partial charge in [0.1, 0.15) is 5.75 Å². The number of methoxy groups -OCH3 is 1. The molecule has 0 bridgehead atoms. The minimum atomic E-state index is -0.377. The van der Waals surface area contributed by atoms with E-state index < -0.39 is 0 Å². The first-order valence-corrected chi connectivity index (χ1v) is 8.46.